The number of Topliss-reactive ketones (excluding diaryl/α,β-unsaturated/α-hetero) is 1. The Balaban J connectivity index is 2.48. The average molecular weight is 477 g/mol. The van der Waals surface area contributed by atoms with Crippen LogP contribution in [0, 0.1) is 5.92 Å². The Kier molecular flexibility index (Phi) is 8.61. The molecule has 1 unspecified atom stereocenters. The largest absolute Gasteiger partial charge is 0.481 e. The van der Waals surface area contributed by atoms with E-state index in [1.54, 1.807) is 13.8 Å². The van der Waals surface area contributed by atoms with Crippen molar-refractivity contribution in [1.29, 1.82) is 0 Å². The second kappa shape index (κ2) is 11.6. The number of ether oxygens (including phenoxy) is 1. The molecule has 0 radical (unpaired) electrons. The molecule has 1 atom stereocenters. The van der Waals surface area contributed by atoms with Crippen LogP contribution in [0.2, 0.25) is 0 Å². The summed E-state index contributed by atoms with van der Waals surface area (Å²) in [5.74, 6) is -2.44. The zero-order valence-corrected chi connectivity index (χ0v) is 20.3. The molecule has 34 heavy (non-hydrogen) atoms. The zero-order valence-electron chi connectivity index (χ0n) is 19.4. The molecule has 1 N–H and O–H groups in total. The summed E-state index contributed by atoms with van der Waals surface area (Å²) in [6.45, 7) is 0.593. The number of esters is 1. The smallest absolute Gasteiger partial charge is 0.342 e. The molecule has 0 amide bonds. The molecule has 0 heterocycles. The lowest BCUT2D eigenvalue weighted by Crippen LogP contribution is -2.39. The molecule has 6 heteroatoms. The van der Waals surface area contributed by atoms with Gasteiger partial charge >= 0.3 is 11.9 Å². The highest BCUT2D eigenvalue weighted by molar-refractivity contribution is 7.97. The lowest BCUT2D eigenvalue weighted by atomic mass is 10.00. The molecule has 3 rings (SSSR count). The van der Waals surface area contributed by atoms with Gasteiger partial charge in [0.05, 0.1) is 6.61 Å². The number of hydrogen-bond acceptors (Lipinski definition) is 4. The monoisotopic (exact) mass is 476 g/mol. The molecule has 0 saturated carbocycles. The average Bonchev–Trinajstić information content (AvgIpc) is 2.83. The molecular weight excluding hydrogens is 447 g/mol. The first kappa shape index (κ1) is 25.2. The number of ketones is 1. The molecular formula is C28H29O5P. The summed E-state index contributed by atoms with van der Waals surface area (Å²) in [5.41, 5.74) is 0. The van der Waals surface area contributed by atoms with Crippen LogP contribution < -0.4 is 15.9 Å². The number of carboxylic acid groups (broad SMARTS) is 1. The fraction of sp³-hybridized carbons (Fsp3) is 0.214. The maximum absolute atomic E-state index is 13.9. The van der Waals surface area contributed by atoms with Gasteiger partial charge < -0.3 is 9.84 Å². The predicted molar refractivity (Wildman–Crippen MR) is 138 cm³/mol. The maximum Gasteiger partial charge on any atom is 0.342 e. The fourth-order valence-corrected chi connectivity index (χ4v) is 8.54. The summed E-state index contributed by atoms with van der Waals surface area (Å²) in [4.78, 5) is 38.8. The normalized spacial score (nSPS) is 11.9. The van der Waals surface area contributed by atoms with Crippen molar-refractivity contribution in [2.75, 3.05) is 6.61 Å². The third-order valence-electron chi connectivity index (χ3n) is 5.56. The number of carboxylic acids is 1. The summed E-state index contributed by atoms with van der Waals surface area (Å²) in [5, 5.41) is 11.9. The van der Waals surface area contributed by atoms with Crippen molar-refractivity contribution in [3.63, 3.8) is 0 Å². The van der Waals surface area contributed by atoms with Gasteiger partial charge in [-0.1, -0.05) is 97.9 Å². The Morgan fingerprint density at radius 2 is 1.18 bits per heavy atom. The van der Waals surface area contributed by atoms with Crippen molar-refractivity contribution < 1.29 is 24.2 Å². The highest BCUT2D eigenvalue weighted by Gasteiger charge is 2.37. The second-order valence-corrected chi connectivity index (χ2v) is 11.4. The Morgan fingerprint density at radius 1 is 0.765 bits per heavy atom. The first-order valence-corrected chi connectivity index (χ1v) is 13.1. The van der Waals surface area contributed by atoms with Crippen molar-refractivity contribution in [3.05, 3.63) is 91.0 Å². The van der Waals surface area contributed by atoms with Crippen molar-refractivity contribution in [2.24, 2.45) is 5.92 Å². The van der Waals surface area contributed by atoms with Gasteiger partial charge in [0.2, 0.25) is 0 Å². The van der Waals surface area contributed by atoms with E-state index in [-0.39, 0.29) is 30.5 Å². The third-order valence-corrected chi connectivity index (χ3v) is 9.88. The summed E-state index contributed by atoms with van der Waals surface area (Å²) in [6, 6.07) is 28.8. The molecule has 176 valence electrons. The number of carbonyl (C=O) groups is 3. The Hall–Kier alpha value is -3.43. The summed E-state index contributed by atoms with van der Waals surface area (Å²) >= 11 is 0. The zero-order chi connectivity index (χ0) is 24.6. The molecule has 0 bridgehead atoms. The van der Waals surface area contributed by atoms with E-state index in [1.165, 1.54) is 0 Å². The third kappa shape index (κ3) is 5.37. The van der Waals surface area contributed by atoms with Crippen LogP contribution in [-0.2, 0) is 19.1 Å². The first-order valence-electron chi connectivity index (χ1n) is 11.3. The minimum atomic E-state index is -2.95. The molecule has 0 spiro atoms. The van der Waals surface area contributed by atoms with E-state index in [9.17, 15) is 19.5 Å². The van der Waals surface area contributed by atoms with Gasteiger partial charge in [-0.15, -0.1) is 0 Å². The predicted octanol–water partition coefficient (Wildman–Crippen LogP) is 3.79. The van der Waals surface area contributed by atoms with Gasteiger partial charge in [0.1, 0.15) is 5.29 Å². The minimum absolute atomic E-state index is 0.0608. The van der Waals surface area contributed by atoms with Gasteiger partial charge in [0, 0.05) is 12.8 Å². The van der Waals surface area contributed by atoms with Gasteiger partial charge in [0.15, 0.2) is 5.78 Å². The Bertz CT molecular complexity index is 1080. The van der Waals surface area contributed by atoms with Crippen LogP contribution >= 0.6 is 6.89 Å². The standard InChI is InChI=1S/C28H29O5P/c1-3-33-28(32)27(25(29)19-21(2)20-26(30)31)34(22-13-7-4-8-14-22,23-15-9-5-10-16-23)24-17-11-6-12-18-24/h4-18,21H,3,19-20H2,1-2H3,(H,30,31). The molecule has 0 aliphatic carbocycles. The fourth-order valence-electron chi connectivity index (χ4n) is 4.21. The van der Waals surface area contributed by atoms with Gasteiger partial charge in [0.25, 0.3) is 0 Å². The SMILES string of the molecule is CCOC(=O)C(C(=O)CC(C)CC(=O)O)=P(c1ccccc1)(c1ccccc1)c1ccccc1. The topological polar surface area (TPSA) is 80.7 Å². The molecule has 0 aliphatic rings. The van der Waals surface area contributed by atoms with Crippen LogP contribution in [0.15, 0.2) is 91.0 Å². The van der Waals surface area contributed by atoms with E-state index in [0.29, 0.717) is 0 Å². The van der Waals surface area contributed by atoms with Crippen LogP contribution in [-0.4, -0.2) is 34.7 Å². The number of benzene rings is 3. The second-order valence-electron chi connectivity index (χ2n) is 8.08. The number of hydrogen-bond donors (Lipinski definition) is 1. The molecule has 0 aromatic heterocycles. The van der Waals surface area contributed by atoms with E-state index in [1.807, 2.05) is 91.0 Å². The van der Waals surface area contributed by atoms with Crippen molar-refractivity contribution in [3.8, 4) is 0 Å². The van der Waals surface area contributed by atoms with Crippen LogP contribution in [0.25, 0.3) is 0 Å². The van der Waals surface area contributed by atoms with E-state index >= 15 is 0 Å². The molecule has 0 aliphatic heterocycles. The molecule has 3 aromatic rings. The first-order chi connectivity index (χ1) is 16.4. The van der Waals surface area contributed by atoms with Crippen LogP contribution in [0.5, 0.6) is 0 Å². The lowest BCUT2D eigenvalue weighted by molar-refractivity contribution is -0.138. The number of rotatable bonds is 10. The van der Waals surface area contributed by atoms with Gasteiger partial charge in [-0.3, -0.25) is 9.59 Å². The van der Waals surface area contributed by atoms with E-state index in [0.717, 1.165) is 15.9 Å². The summed E-state index contributed by atoms with van der Waals surface area (Å²) in [7, 11) is 0. The quantitative estimate of drug-likeness (QED) is 0.274. The maximum atomic E-state index is 13.9. The highest BCUT2D eigenvalue weighted by atomic mass is 31.2. The molecule has 3 aromatic carbocycles. The van der Waals surface area contributed by atoms with Crippen LogP contribution in [0.4, 0.5) is 0 Å². The summed E-state index contributed by atoms with van der Waals surface area (Å²) < 4.78 is 5.47. The Morgan fingerprint density at radius 3 is 1.53 bits per heavy atom. The number of aliphatic carboxylic acids is 1. The van der Waals surface area contributed by atoms with Crippen molar-refractivity contribution in [1.82, 2.24) is 0 Å². The van der Waals surface area contributed by atoms with E-state index in [4.69, 9.17) is 4.74 Å². The molecule has 0 saturated heterocycles. The van der Waals surface area contributed by atoms with Crippen LogP contribution in [0.3, 0.4) is 0 Å². The number of carbonyl (C=O) groups excluding carboxylic acids is 2. The van der Waals surface area contributed by atoms with Crippen molar-refractivity contribution in [2.45, 2.75) is 26.7 Å². The van der Waals surface area contributed by atoms with Crippen LogP contribution in [0.1, 0.15) is 26.7 Å². The molecule has 5 nitrogen and oxygen atoms in total. The van der Waals surface area contributed by atoms with E-state index in [2.05, 4.69) is 0 Å². The van der Waals surface area contributed by atoms with Crippen molar-refractivity contribution >= 4 is 45.8 Å². The van der Waals surface area contributed by atoms with Gasteiger partial charge in [-0.05, 0) is 35.6 Å². The van der Waals surface area contributed by atoms with Gasteiger partial charge in [-0.25, -0.2) is 4.79 Å². The van der Waals surface area contributed by atoms with E-state index < -0.39 is 24.7 Å². The molecule has 0 fully saturated rings. The summed E-state index contributed by atoms with van der Waals surface area (Å²) in [6.07, 6.45) is -0.218. The lowest BCUT2D eigenvalue weighted by Gasteiger charge is -2.31. The van der Waals surface area contributed by atoms with Gasteiger partial charge in [-0.2, -0.15) is 0 Å². The Labute approximate surface area is 200 Å². The minimum Gasteiger partial charge on any atom is -0.481 e. The highest BCUT2D eigenvalue weighted by Crippen LogP contribution is 2.47.